The van der Waals surface area contributed by atoms with Crippen molar-refractivity contribution in [2.75, 3.05) is 0 Å². The van der Waals surface area contributed by atoms with Gasteiger partial charge in [-0.25, -0.2) is 0 Å². The monoisotopic (exact) mass is 378 g/mol. The third kappa shape index (κ3) is 2.67. The fraction of sp³-hybridized carbons (Fsp3) is 0.654. The standard InChI is InChI=1S/C26H34O2/c1-25-12-10-20(27)16-19(25)8-9-21-22(25)11-13-26(2)23(21)15-18(24(26)28)14-17-6-4-3-5-7-17/h3-7,14,19-23,27H,8-13,15-16H2,1-2H3/b18-14+. The molecule has 2 nitrogen and oxygen atoms in total. The number of hydrogen-bond donors (Lipinski definition) is 1. The normalized spacial score (nSPS) is 46.8. The number of carbonyl (C=O) groups excluding carboxylic acids is 1. The molecule has 0 spiro atoms. The zero-order valence-electron chi connectivity index (χ0n) is 17.4. The molecule has 0 saturated heterocycles. The van der Waals surface area contributed by atoms with E-state index in [0.717, 1.165) is 42.7 Å². The molecule has 0 amide bonds. The minimum atomic E-state index is -0.154. The Labute approximate surface area is 169 Å². The van der Waals surface area contributed by atoms with Gasteiger partial charge in [-0.05, 0) is 97.7 Å². The van der Waals surface area contributed by atoms with Gasteiger partial charge in [0.15, 0.2) is 5.78 Å². The lowest BCUT2D eigenvalue weighted by Gasteiger charge is -2.59. The van der Waals surface area contributed by atoms with E-state index in [0.29, 0.717) is 29.0 Å². The minimum absolute atomic E-state index is 0.0862. The van der Waals surface area contributed by atoms with Gasteiger partial charge in [-0.3, -0.25) is 4.79 Å². The summed E-state index contributed by atoms with van der Waals surface area (Å²) in [7, 11) is 0. The van der Waals surface area contributed by atoms with Gasteiger partial charge in [0, 0.05) is 5.41 Å². The van der Waals surface area contributed by atoms with Crippen LogP contribution in [0.5, 0.6) is 0 Å². The van der Waals surface area contributed by atoms with Crippen LogP contribution < -0.4 is 0 Å². The molecule has 4 saturated carbocycles. The van der Waals surface area contributed by atoms with E-state index < -0.39 is 0 Å². The van der Waals surface area contributed by atoms with Crippen LogP contribution in [0.1, 0.15) is 70.8 Å². The predicted octanol–water partition coefficient (Wildman–Crippen LogP) is 5.65. The Kier molecular flexibility index (Phi) is 4.36. The largest absolute Gasteiger partial charge is 0.393 e. The van der Waals surface area contributed by atoms with E-state index in [9.17, 15) is 9.90 Å². The zero-order valence-corrected chi connectivity index (χ0v) is 17.4. The molecule has 150 valence electrons. The SMILES string of the molecule is CC12CCC3C(CCC4CC(O)CCC43C)C1C/C(=C\c1ccccc1)C2=O. The summed E-state index contributed by atoms with van der Waals surface area (Å²) < 4.78 is 0. The highest BCUT2D eigenvalue weighted by Gasteiger charge is 2.61. The molecule has 0 heterocycles. The Morgan fingerprint density at radius 2 is 1.79 bits per heavy atom. The molecule has 0 aromatic heterocycles. The maximum Gasteiger partial charge on any atom is 0.165 e. The Hall–Kier alpha value is -1.41. The first kappa shape index (κ1) is 18.6. The molecule has 4 fully saturated rings. The molecule has 0 aliphatic heterocycles. The Morgan fingerprint density at radius 1 is 1.00 bits per heavy atom. The molecule has 1 aromatic rings. The Balaban J connectivity index is 1.45. The summed E-state index contributed by atoms with van der Waals surface area (Å²) in [6.07, 6.45) is 10.9. The van der Waals surface area contributed by atoms with E-state index in [1.54, 1.807) is 0 Å². The van der Waals surface area contributed by atoms with Crippen molar-refractivity contribution in [1.82, 2.24) is 0 Å². The Morgan fingerprint density at radius 3 is 2.57 bits per heavy atom. The van der Waals surface area contributed by atoms with E-state index in [1.807, 2.05) is 6.07 Å². The summed E-state index contributed by atoms with van der Waals surface area (Å²) in [6.45, 7) is 4.78. The molecule has 1 N–H and O–H groups in total. The lowest BCUT2D eigenvalue weighted by atomic mass is 9.45. The van der Waals surface area contributed by atoms with Gasteiger partial charge < -0.3 is 5.11 Å². The second-order valence-corrected chi connectivity index (χ2v) is 10.7. The number of benzene rings is 1. The summed E-state index contributed by atoms with van der Waals surface area (Å²) in [4.78, 5) is 13.4. The molecular weight excluding hydrogens is 344 g/mol. The van der Waals surface area contributed by atoms with Crippen LogP contribution in [0.25, 0.3) is 6.08 Å². The van der Waals surface area contributed by atoms with Crippen LogP contribution in [-0.2, 0) is 4.79 Å². The quantitative estimate of drug-likeness (QED) is 0.641. The third-order valence-electron chi connectivity index (χ3n) is 9.42. The number of hydrogen-bond acceptors (Lipinski definition) is 2. The molecule has 7 unspecified atom stereocenters. The van der Waals surface area contributed by atoms with Gasteiger partial charge in [0.05, 0.1) is 6.10 Å². The summed E-state index contributed by atoms with van der Waals surface area (Å²) in [5, 5.41) is 10.2. The molecule has 5 rings (SSSR count). The van der Waals surface area contributed by atoms with E-state index >= 15 is 0 Å². The van der Waals surface area contributed by atoms with Crippen molar-refractivity contribution < 1.29 is 9.90 Å². The number of aliphatic hydroxyl groups excluding tert-OH is 1. The highest BCUT2D eigenvalue weighted by molar-refractivity contribution is 6.05. The average molecular weight is 379 g/mol. The molecular formula is C26H34O2. The van der Waals surface area contributed by atoms with Gasteiger partial charge in [-0.15, -0.1) is 0 Å². The number of carbonyl (C=O) groups is 1. The van der Waals surface area contributed by atoms with Crippen LogP contribution >= 0.6 is 0 Å². The van der Waals surface area contributed by atoms with Crippen LogP contribution in [0.2, 0.25) is 0 Å². The van der Waals surface area contributed by atoms with Crippen molar-refractivity contribution in [3.8, 4) is 0 Å². The summed E-state index contributed by atoms with van der Waals surface area (Å²) in [5.41, 5.74) is 2.43. The number of allylic oxidation sites excluding steroid dienone is 1. The number of Topliss-reactive ketones (excluding diaryl/α,β-unsaturated/α-hetero) is 1. The van der Waals surface area contributed by atoms with Crippen molar-refractivity contribution in [1.29, 1.82) is 0 Å². The van der Waals surface area contributed by atoms with Crippen LogP contribution in [0.3, 0.4) is 0 Å². The first-order valence-corrected chi connectivity index (χ1v) is 11.4. The highest BCUT2D eigenvalue weighted by atomic mass is 16.3. The molecule has 2 heteroatoms. The molecule has 7 atom stereocenters. The maximum atomic E-state index is 13.4. The number of fused-ring (bicyclic) bond motifs is 5. The lowest BCUT2D eigenvalue weighted by molar-refractivity contribution is -0.141. The smallest absolute Gasteiger partial charge is 0.165 e. The van der Waals surface area contributed by atoms with Gasteiger partial charge in [0.25, 0.3) is 0 Å². The second kappa shape index (κ2) is 6.55. The van der Waals surface area contributed by atoms with Crippen LogP contribution in [-0.4, -0.2) is 17.0 Å². The van der Waals surface area contributed by atoms with Crippen LogP contribution in [0.15, 0.2) is 35.9 Å². The summed E-state index contributed by atoms with van der Waals surface area (Å²) >= 11 is 0. The van der Waals surface area contributed by atoms with Gasteiger partial charge >= 0.3 is 0 Å². The lowest BCUT2D eigenvalue weighted by Crippen LogP contribution is -2.54. The first-order valence-electron chi connectivity index (χ1n) is 11.4. The first-order chi connectivity index (χ1) is 13.4. The van der Waals surface area contributed by atoms with Crippen molar-refractivity contribution in [3.05, 3.63) is 41.5 Å². The van der Waals surface area contributed by atoms with Crippen LogP contribution in [0, 0.1) is 34.5 Å². The maximum absolute atomic E-state index is 13.4. The van der Waals surface area contributed by atoms with Crippen molar-refractivity contribution in [2.45, 2.75) is 71.3 Å². The van der Waals surface area contributed by atoms with Gasteiger partial charge in [0.1, 0.15) is 0 Å². The predicted molar refractivity (Wildman–Crippen MR) is 113 cm³/mol. The molecule has 4 aliphatic rings. The molecule has 4 aliphatic carbocycles. The van der Waals surface area contributed by atoms with E-state index in [1.165, 1.54) is 25.7 Å². The molecule has 0 bridgehead atoms. The fourth-order valence-corrected chi connectivity index (χ4v) is 7.79. The third-order valence-corrected chi connectivity index (χ3v) is 9.42. The van der Waals surface area contributed by atoms with E-state index in [4.69, 9.17) is 0 Å². The summed E-state index contributed by atoms with van der Waals surface area (Å²) in [6, 6.07) is 10.3. The molecule has 0 radical (unpaired) electrons. The van der Waals surface area contributed by atoms with E-state index in [-0.39, 0.29) is 11.5 Å². The minimum Gasteiger partial charge on any atom is -0.393 e. The summed E-state index contributed by atoms with van der Waals surface area (Å²) in [5.74, 6) is 3.03. The number of ketones is 1. The highest BCUT2D eigenvalue weighted by Crippen LogP contribution is 2.66. The topological polar surface area (TPSA) is 37.3 Å². The zero-order chi connectivity index (χ0) is 19.5. The van der Waals surface area contributed by atoms with Crippen molar-refractivity contribution >= 4 is 11.9 Å². The molecule has 1 aromatic carbocycles. The second-order valence-electron chi connectivity index (χ2n) is 10.7. The fourth-order valence-electron chi connectivity index (χ4n) is 7.79. The van der Waals surface area contributed by atoms with Crippen molar-refractivity contribution in [3.63, 3.8) is 0 Å². The number of aliphatic hydroxyl groups is 1. The van der Waals surface area contributed by atoms with Gasteiger partial charge in [0.2, 0.25) is 0 Å². The average Bonchev–Trinajstić information content (AvgIpc) is 2.94. The molecule has 28 heavy (non-hydrogen) atoms. The Bertz CT molecular complexity index is 796. The number of rotatable bonds is 1. The van der Waals surface area contributed by atoms with Crippen LogP contribution in [0.4, 0.5) is 0 Å². The van der Waals surface area contributed by atoms with E-state index in [2.05, 4.69) is 44.2 Å². The van der Waals surface area contributed by atoms with Gasteiger partial charge in [-0.1, -0.05) is 44.2 Å². The van der Waals surface area contributed by atoms with Gasteiger partial charge in [-0.2, -0.15) is 0 Å². The van der Waals surface area contributed by atoms with Crippen molar-refractivity contribution in [2.24, 2.45) is 34.5 Å².